The summed E-state index contributed by atoms with van der Waals surface area (Å²) in [6, 6.07) is 19.3. The van der Waals surface area contributed by atoms with Crippen molar-refractivity contribution in [2.24, 2.45) is 5.92 Å². The highest BCUT2D eigenvalue weighted by atomic mass is 16.4. The van der Waals surface area contributed by atoms with Crippen molar-refractivity contribution in [3.05, 3.63) is 77.4 Å². The van der Waals surface area contributed by atoms with Gasteiger partial charge in [0.1, 0.15) is 0 Å². The van der Waals surface area contributed by atoms with E-state index in [0.717, 1.165) is 16.9 Å². The molecule has 3 rings (SSSR count). The van der Waals surface area contributed by atoms with Crippen LogP contribution in [0.3, 0.4) is 0 Å². The smallest absolute Gasteiger partial charge is 0.306 e. The fourth-order valence-electron chi connectivity index (χ4n) is 3.89. The van der Waals surface area contributed by atoms with Crippen LogP contribution in [0.1, 0.15) is 42.4 Å². The lowest BCUT2D eigenvalue weighted by molar-refractivity contribution is -0.143. The van der Waals surface area contributed by atoms with Gasteiger partial charge in [-0.15, -0.1) is 0 Å². The van der Waals surface area contributed by atoms with Gasteiger partial charge in [-0.3, -0.25) is 9.59 Å². The Morgan fingerprint density at radius 1 is 0.743 bits per heavy atom. The number of nitrogen functional groups attached to an aromatic ring is 3. The average Bonchev–Trinajstić information content (AvgIpc) is 2.78. The predicted octanol–water partition coefficient (Wildman–Crippen LogP) is 5.29. The summed E-state index contributed by atoms with van der Waals surface area (Å²) >= 11 is 0. The van der Waals surface area contributed by atoms with Crippen molar-refractivity contribution in [2.45, 2.75) is 46.0 Å². The molecule has 0 aliphatic carbocycles. The van der Waals surface area contributed by atoms with Gasteiger partial charge in [-0.05, 0) is 104 Å². The number of hydrogen-bond donors (Lipinski definition) is 5. The molecular weight excluding hydrogens is 442 g/mol. The molecule has 1 unspecified atom stereocenters. The van der Waals surface area contributed by atoms with E-state index in [0.29, 0.717) is 31.4 Å². The zero-order chi connectivity index (χ0) is 26.0. The molecule has 0 aliphatic rings. The average molecular weight is 478 g/mol. The summed E-state index contributed by atoms with van der Waals surface area (Å²) in [6.07, 6.45) is 1.99. The molecule has 0 heterocycles. The summed E-state index contributed by atoms with van der Waals surface area (Å²) < 4.78 is 0. The van der Waals surface area contributed by atoms with Gasteiger partial charge in [-0.1, -0.05) is 24.3 Å². The molecule has 0 spiro atoms. The van der Waals surface area contributed by atoms with Crippen LogP contribution < -0.4 is 17.2 Å². The Kier molecular flexibility index (Phi) is 10.1. The second-order valence-corrected chi connectivity index (χ2v) is 8.75. The summed E-state index contributed by atoms with van der Waals surface area (Å²) in [7, 11) is 0. The molecule has 7 heteroatoms. The lowest BCUT2D eigenvalue weighted by atomic mass is 9.94. The van der Waals surface area contributed by atoms with Gasteiger partial charge >= 0.3 is 11.9 Å². The zero-order valence-corrected chi connectivity index (χ0v) is 20.3. The van der Waals surface area contributed by atoms with Crippen LogP contribution in [0.4, 0.5) is 17.1 Å². The summed E-state index contributed by atoms with van der Waals surface area (Å²) in [5, 5.41) is 17.6. The van der Waals surface area contributed by atoms with Crippen molar-refractivity contribution in [1.82, 2.24) is 0 Å². The molecule has 3 aromatic rings. The molecule has 35 heavy (non-hydrogen) atoms. The number of aliphatic carboxylic acids is 2. The minimum absolute atomic E-state index is 0.0195. The van der Waals surface area contributed by atoms with E-state index in [1.807, 2.05) is 36.4 Å². The van der Waals surface area contributed by atoms with E-state index in [4.69, 9.17) is 27.4 Å². The van der Waals surface area contributed by atoms with Crippen molar-refractivity contribution < 1.29 is 19.8 Å². The number of carboxylic acid groups (broad SMARTS) is 2. The van der Waals surface area contributed by atoms with Crippen molar-refractivity contribution >= 4 is 29.0 Å². The first-order valence-electron chi connectivity index (χ1n) is 11.6. The monoisotopic (exact) mass is 477 g/mol. The molecule has 1 atom stereocenters. The van der Waals surface area contributed by atoms with Crippen molar-refractivity contribution in [2.75, 3.05) is 17.2 Å². The van der Waals surface area contributed by atoms with Crippen LogP contribution in [0.15, 0.2) is 60.7 Å². The van der Waals surface area contributed by atoms with Gasteiger partial charge in [0, 0.05) is 23.5 Å². The third kappa shape index (κ3) is 9.04. The Labute approximate surface area is 206 Å². The Morgan fingerprint density at radius 2 is 1.23 bits per heavy atom. The maximum Gasteiger partial charge on any atom is 0.306 e. The molecule has 0 fully saturated rings. The van der Waals surface area contributed by atoms with Gasteiger partial charge in [0.25, 0.3) is 0 Å². The number of hydrogen-bond acceptors (Lipinski definition) is 5. The first-order valence-corrected chi connectivity index (χ1v) is 11.6. The minimum Gasteiger partial charge on any atom is -0.481 e. The van der Waals surface area contributed by atoms with Crippen LogP contribution in [-0.4, -0.2) is 22.2 Å². The second-order valence-electron chi connectivity index (χ2n) is 8.75. The van der Waals surface area contributed by atoms with E-state index in [9.17, 15) is 9.59 Å². The fraction of sp³-hybridized carbons (Fsp3) is 0.286. The molecule has 0 bridgehead atoms. The Hall–Kier alpha value is -4.00. The first kappa shape index (κ1) is 27.2. The van der Waals surface area contributed by atoms with E-state index in [1.54, 1.807) is 12.1 Å². The number of carbonyl (C=O) groups is 2. The molecule has 3 aromatic carbocycles. The number of carboxylic acids is 2. The molecular formula is C28H35N3O4. The van der Waals surface area contributed by atoms with Gasteiger partial charge in [0.2, 0.25) is 0 Å². The van der Waals surface area contributed by atoms with E-state index < -0.39 is 17.9 Å². The lowest BCUT2D eigenvalue weighted by Crippen LogP contribution is -2.15. The van der Waals surface area contributed by atoms with Crippen LogP contribution in [0.2, 0.25) is 0 Å². The Bertz CT molecular complexity index is 1090. The maximum atomic E-state index is 11.1. The second kappa shape index (κ2) is 13.0. The van der Waals surface area contributed by atoms with Crippen LogP contribution in [0, 0.1) is 19.8 Å². The maximum absolute atomic E-state index is 11.1. The molecule has 0 amide bonds. The Morgan fingerprint density at radius 3 is 1.66 bits per heavy atom. The van der Waals surface area contributed by atoms with E-state index in [2.05, 4.69) is 26.0 Å². The minimum atomic E-state index is -0.886. The highest BCUT2D eigenvalue weighted by Gasteiger charge is 2.17. The van der Waals surface area contributed by atoms with Gasteiger partial charge in [-0.2, -0.15) is 0 Å². The summed E-state index contributed by atoms with van der Waals surface area (Å²) in [4.78, 5) is 21.5. The number of nitrogens with two attached hydrogens (primary N) is 3. The zero-order valence-electron chi connectivity index (χ0n) is 20.3. The van der Waals surface area contributed by atoms with Crippen LogP contribution >= 0.6 is 0 Å². The van der Waals surface area contributed by atoms with Crippen LogP contribution in [-0.2, 0) is 16.0 Å². The number of benzene rings is 3. The summed E-state index contributed by atoms with van der Waals surface area (Å²) in [5.41, 5.74) is 25.2. The number of aryl methyl sites for hydroxylation is 3. The summed E-state index contributed by atoms with van der Waals surface area (Å²) in [5.74, 6) is -2.24. The molecule has 0 saturated carbocycles. The van der Waals surface area contributed by atoms with Gasteiger partial charge in [0.15, 0.2) is 0 Å². The Balaban J connectivity index is 0.000000250. The van der Waals surface area contributed by atoms with E-state index in [-0.39, 0.29) is 6.42 Å². The standard InChI is InChI=1S/C14H16N2.C14H19NO4/c1-9-7-11(15)3-5-13(9)14-6-4-12(16)8-10(14)2;15-12-8-5-10(6-9-12)4-7-11(14(18)19)2-1-3-13(16)17/h3-8H,15-16H2,1-2H3;5-6,8-9,11H,1-4,7,15H2,(H,16,17)(H,18,19). The molecule has 0 aromatic heterocycles. The highest BCUT2D eigenvalue weighted by Crippen LogP contribution is 2.29. The first-order chi connectivity index (χ1) is 16.6. The van der Waals surface area contributed by atoms with E-state index in [1.165, 1.54) is 22.3 Å². The predicted molar refractivity (Wildman–Crippen MR) is 142 cm³/mol. The molecule has 7 nitrogen and oxygen atoms in total. The quantitative estimate of drug-likeness (QED) is 0.262. The van der Waals surface area contributed by atoms with Gasteiger partial charge in [-0.25, -0.2) is 0 Å². The normalized spacial score (nSPS) is 11.3. The van der Waals surface area contributed by atoms with Crippen LogP contribution in [0.25, 0.3) is 11.1 Å². The largest absolute Gasteiger partial charge is 0.481 e. The third-order valence-corrected chi connectivity index (χ3v) is 5.84. The number of rotatable bonds is 9. The third-order valence-electron chi connectivity index (χ3n) is 5.84. The molecule has 8 N–H and O–H groups in total. The number of anilines is 3. The van der Waals surface area contributed by atoms with Gasteiger partial charge in [0.05, 0.1) is 5.92 Å². The summed E-state index contributed by atoms with van der Waals surface area (Å²) in [6.45, 7) is 4.14. The van der Waals surface area contributed by atoms with Crippen molar-refractivity contribution in [3.8, 4) is 11.1 Å². The molecule has 186 valence electrons. The van der Waals surface area contributed by atoms with Crippen molar-refractivity contribution in [1.29, 1.82) is 0 Å². The molecule has 0 saturated heterocycles. The van der Waals surface area contributed by atoms with Gasteiger partial charge < -0.3 is 27.4 Å². The molecule has 0 aliphatic heterocycles. The lowest BCUT2D eigenvalue weighted by Gasteiger charge is -2.11. The molecule has 0 radical (unpaired) electrons. The van der Waals surface area contributed by atoms with E-state index >= 15 is 0 Å². The SMILES string of the molecule is Cc1cc(N)ccc1-c1ccc(N)cc1C.Nc1ccc(CCC(CCCC(=O)O)C(=O)O)cc1. The highest BCUT2D eigenvalue weighted by molar-refractivity contribution is 5.74. The topological polar surface area (TPSA) is 153 Å². The van der Waals surface area contributed by atoms with Crippen LogP contribution in [0.5, 0.6) is 0 Å². The van der Waals surface area contributed by atoms with Crippen molar-refractivity contribution in [3.63, 3.8) is 0 Å². The fourth-order valence-corrected chi connectivity index (χ4v) is 3.89.